The monoisotopic (exact) mass is 252 g/mol. The Morgan fingerprint density at radius 1 is 1.39 bits per heavy atom. The number of nitrogens with zero attached hydrogens (tertiary/aromatic N) is 1. The lowest BCUT2D eigenvalue weighted by atomic mass is 9.95. The zero-order valence-corrected chi connectivity index (χ0v) is 12.0. The molecule has 1 N–H and O–H groups in total. The van der Waals surface area contributed by atoms with E-state index in [1.165, 1.54) is 0 Å². The van der Waals surface area contributed by atoms with E-state index in [9.17, 15) is 9.59 Å². The van der Waals surface area contributed by atoms with E-state index in [1.807, 2.05) is 26.8 Å². The smallest absolute Gasteiger partial charge is 0.248 e. The van der Waals surface area contributed by atoms with Gasteiger partial charge in [-0.3, -0.25) is 9.59 Å². The van der Waals surface area contributed by atoms with E-state index in [-0.39, 0.29) is 17.9 Å². The lowest BCUT2D eigenvalue weighted by Crippen LogP contribution is -2.68. The summed E-state index contributed by atoms with van der Waals surface area (Å²) < 4.78 is 0. The van der Waals surface area contributed by atoms with Crippen molar-refractivity contribution in [1.29, 1.82) is 0 Å². The van der Waals surface area contributed by atoms with Gasteiger partial charge in [0.05, 0.1) is 0 Å². The molecule has 2 amide bonds. The third-order valence-electron chi connectivity index (χ3n) is 3.17. The molecule has 0 aromatic heterocycles. The van der Waals surface area contributed by atoms with Crippen molar-refractivity contribution in [3.8, 4) is 0 Å². The van der Waals surface area contributed by atoms with Gasteiger partial charge < -0.3 is 10.2 Å². The molecule has 0 bridgehead atoms. The number of carbonyl (C=O) groups excluding carboxylic acids is 2. The minimum atomic E-state index is -0.795. The number of rotatable bonds is 4. The molecule has 4 nitrogen and oxygen atoms in total. The first-order valence-corrected chi connectivity index (χ1v) is 6.56. The Morgan fingerprint density at radius 2 is 2.00 bits per heavy atom. The molecule has 102 valence electrons. The van der Waals surface area contributed by atoms with E-state index in [1.54, 1.807) is 18.7 Å². The molecule has 1 rings (SSSR count). The van der Waals surface area contributed by atoms with Gasteiger partial charge in [-0.1, -0.05) is 25.0 Å². The first-order chi connectivity index (χ1) is 8.29. The predicted molar refractivity (Wildman–Crippen MR) is 72.1 cm³/mol. The van der Waals surface area contributed by atoms with E-state index >= 15 is 0 Å². The zero-order valence-electron chi connectivity index (χ0n) is 12.0. The highest BCUT2D eigenvalue weighted by atomic mass is 16.2. The summed E-state index contributed by atoms with van der Waals surface area (Å²) in [5.74, 6) is -0.0401. The minimum Gasteiger partial charge on any atom is -0.340 e. The fourth-order valence-electron chi connectivity index (χ4n) is 2.14. The van der Waals surface area contributed by atoms with Crippen LogP contribution in [0, 0.1) is 0 Å². The van der Waals surface area contributed by atoms with Gasteiger partial charge in [0.2, 0.25) is 11.8 Å². The summed E-state index contributed by atoms with van der Waals surface area (Å²) in [6.07, 6.45) is 3.59. The van der Waals surface area contributed by atoms with Crippen LogP contribution in [0.15, 0.2) is 11.6 Å². The molecule has 0 radical (unpaired) electrons. The Hall–Kier alpha value is -1.32. The van der Waals surface area contributed by atoms with Crippen LogP contribution in [0.1, 0.15) is 47.5 Å². The van der Waals surface area contributed by atoms with Crippen LogP contribution in [0.3, 0.4) is 0 Å². The molecule has 0 spiro atoms. The second kappa shape index (κ2) is 5.55. The number of nitrogens with one attached hydrogen (secondary N) is 1. The Morgan fingerprint density at radius 3 is 2.50 bits per heavy atom. The van der Waals surface area contributed by atoms with Gasteiger partial charge in [-0.15, -0.1) is 0 Å². The maximum Gasteiger partial charge on any atom is 0.248 e. The van der Waals surface area contributed by atoms with E-state index in [2.05, 4.69) is 5.32 Å². The average molecular weight is 252 g/mol. The first-order valence-electron chi connectivity index (χ1n) is 6.56. The van der Waals surface area contributed by atoms with Crippen LogP contribution in [-0.4, -0.2) is 34.8 Å². The molecule has 0 aromatic carbocycles. The van der Waals surface area contributed by atoms with Crippen LogP contribution in [0.4, 0.5) is 0 Å². The predicted octanol–water partition coefficient (Wildman–Crippen LogP) is 1.86. The molecule has 18 heavy (non-hydrogen) atoms. The molecular weight excluding hydrogens is 228 g/mol. The van der Waals surface area contributed by atoms with Gasteiger partial charge in [0.25, 0.3) is 0 Å². The lowest BCUT2D eigenvalue weighted by Gasteiger charge is -2.42. The van der Waals surface area contributed by atoms with Gasteiger partial charge in [-0.05, 0) is 34.1 Å². The molecule has 0 aromatic rings. The zero-order chi connectivity index (χ0) is 13.9. The molecule has 4 heteroatoms. The topological polar surface area (TPSA) is 49.4 Å². The highest BCUT2D eigenvalue weighted by Crippen LogP contribution is 2.21. The molecule has 1 saturated heterocycles. The largest absolute Gasteiger partial charge is 0.340 e. The van der Waals surface area contributed by atoms with Crippen LogP contribution >= 0.6 is 0 Å². The normalized spacial score (nSPS) is 22.7. The Balaban J connectivity index is 2.98. The van der Waals surface area contributed by atoms with Gasteiger partial charge in [0.15, 0.2) is 0 Å². The summed E-state index contributed by atoms with van der Waals surface area (Å²) in [5, 5.41) is 2.81. The number of allylic oxidation sites excluding steroid dienone is 1. The summed E-state index contributed by atoms with van der Waals surface area (Å²) >= 11 is 0. The highest BCUT2D eigenvalue weighted by Gasteiger charge is 2.44. The third kappa shape index (κ3) is 3.12. The van der Waals surface area contributed by atoms with Crippen molar-refractivity contribution < 1.29 is 9.59 Å². The molecule has 0 aliphatic carbocycles. The maximum absolute atomic E-state index is 12.4. The molecule has 1 heterocycles. The second-order valence-electron chi connectivity index (χ2n) is 5.66. The van der Waals surface area contributed by atoms with Crippen LogP contribution in [0.25, 0.3) is 0 Å². The number of hydrogen-bond donors (Lipinski definition) is 1. The minimum absolute atomic E-state index is 0.00181. The second-order valence-corrected chi connectivity index (χ2v) is 5.66. The van der Waals surface area contributed by atoms with E-state index in [4.69, 9.17) is 0 Å². The van der Waals surface area contributed by atoms with Crippen molar-refractivity contribution >= 4 is 11.8 Å². The number of carbonyl (C=O) groups is 2. The van der Waals surface area contributed by atoms with Crippen LogP contribution in [0.5, 0.6) is 0 Å². The Labute approximate surface area is 109 Å². The van der Waals surface area contributed by atoms with Crippen molar-refractivity contribution in [2.24, 2.45) is 0 Å². The number of piperazine rings is 1. The third-order valence-corrected chi connectivity index (χ3v) is 3.17. The fourth-order valence-corrected chi connectivity index (χ4v) is 2.14. The average Bonchev–Trinajstić information content (AvgIpc) is 2.24. The molecule has 1 aliphatic rings. The summed E-state index contributed by atoms with van der Waals surface area (Å²) in [4.78, 5) is 26.2. The van der Waals surface area contributed by atoms with Crippen LogP contribution in [-0.2, 0) is 9.59 Å². The van der Waals surface area contributed by atoms with Crippen molar-refractivity contribution in [3.63, 3.8) is 0 Å². The van der Waals surface area contributed by atoms with E-state index < -0.39 is 5.54 Å². The fraction of sp³-hybridized carbons (Fsp3) is 0.714. The first kappa shape index (κ1) is 14.7. The summed E-state index contributed by atoms with van der Waals surface area (Å²) in [7, 11) is 0. The van der Waals surface area contributed by atoms with E-state index in [0.717, 1.165) is 12.0 Å². The molecule has 1 fully saturated rings. The number of hydrogen-bond acceptors (Lipinski definition) is 2. The standard InChI is InChI=1S/C14H24N2O2/c1-6-7-11-12(17)15-14(4,5)13(18)16(11)9-8-10(2)3/h8,11H,6-7,9H2,1-5H3,(H,15,17). The summed E-state index contributed by atoms with van der Waals surface area (Å²) in [6.45, 7) is 10.0. The quantitative estimate of drug-likeness (QED) is 0.776. The van der Waals surface area contributed by atoms with Gasteiger partial charge in [-0.25, -0.2) is 0 Å². The van der Waals surface area contributed by atoms with Crippen molar-refractivity contribution in [2.75, 3.05) is 6.54 Å². The molecule has 1 atom stereocenters. The van der Waals surface area contributed by atoms with Gasteiger partial charge in [-0.2, -0.15) is 0 Å². The van der Waals surface area contributed by atoms with Gasteiger partial charge in [0, 0.05) is 6.54 Å². The molecular formula is C14H24N2O2. The molecule has 1 unspecified atom stereocenters. The van der Waals surface area contributed by atoms with Crippen LogP contribution in [0.2, 0.25) is 0 Å². The summed E-state index contributed by atoms with van der Waals surface area (Å²) in [5.41, 5.74) is 0.360. The van der Waals surface area contributed by atoms with Gasteiger partial charge in [0.1, 0.15) is 11.6 Å². The summed E-state index contributed by atoms with van der Waals surface area (Å²) in [6, 6.07) is -0.328. The Kier molecular flexibility index (Phi) is 4.54. The molecule has 1 aliphatic heterocycles. The molecule has 0 saturated carbocycles. The lowest BCUT2D eigenvalue weighted by molar-refractivity contribution is -0.153. The van der Waals surface area contributed by atoms with Crippen molar-refractivity contribution in [1.82, 2.24) is 10.2 Å². The van der Waals surface area contributed by atoms with E-state index in [0.29, 0.717) is 13.0 Å². The Bertz CT molecular complexity index is 368. The maximum atomic E-state index is 12.4. The van der Waals surface area contributed by atoms with Crippen LogP contribution < -0.4 is 5.32 Å². The SMILES string of the molecule is CCCC1C(=O)NC(C)(C)C(=O)N1CC=C(C)C. The van der Waals surface area contributed by atoms with Gasteiger partial charge >= 0.3 is 0 Å². The highest BCUT2D eigenvalue weighted by molar-refractivity contribution is 5.99. The van der Waals surface area contributed by atoms with Crippen molar-refractivity contribution in [2.45, 2.75) is 59.0 Å². The number of amides is 2. The van der Waals surface area contributed by atoms with Crippen molar-refractivity contribution in [3.05, 3.63) is 11.6 Å².